The molecule has 2 aliphatic heterocycles. The van der Waals surface area contributed by atoms with E-state index in [-0.39, 0.29) is 16.5 Å². The predicted octanol–water partition coefficient (Wildman–Crippen LogP) is 14.1. The molecule has 0 fully saturated rings. The molecule has 0 amide bonds. The van der Waals surface area contributed by atoms with E-state index in [0.717, 1.165) is 66.4 Å². The first-order valence-electron chi connectivity index (χ1n) is 18.2. The number of hydrogen-bond acceptors (Lipinski definition) is 2. The van der Waals surface area contributed by atoms with Gasteiger partial charge in [0, 0.05) is 22.2 Å². The van der Waals surface area contributed by atoms with E-state index >= 15 is 4.39 Å². The van der Waals surface area contributed by atoms with Gasteiger partial charge in [0.15, 0.2) is 0 Å². The Balaban J connectivity index is 1.24. The van der Waals surface area contributed by atoms with Crippen molar-refractivity contribution in [2.75, 3.05) is 9.80 Å². The number of benzene rings is 8. The molecular formula is C49H36FN3. The van der Waals surface area contributed by atoms with Gasteiger partial charge >= 0.3 is 0 Å². The maximum absolute atomic E-state index is 15.7. The number of rotatable bonds is 2. The fourth-order valence-corrected chi connectivity index (χ4v) is 9.25. The van der Waals surface area contributed by atoms with Gasteiger partial charge in [0.1, 0.15) is 5.82 Å². The van der Waals surface area contributed by atoms with Crippen LogP contribution in [0.4, 0.5) is 44.2 Å². The van der Waals surface area contributed by atoms with Gasteiger partial charge in [0.25, 0.3) is 0 Å². The Morgan fingerprint density at radius 2 is 0.774 bits per heavy atom. The van der Waals surface area contributed by atoms with E-state index in [1.54, 1.807) is 12.1 Å². The van der Waals surface area contributed by atoms with E-state index in [9.17, 15) is 0 Å². The molecule has 0 N–H and O–H groups in total. The fraction of sp³-hybridized carbons (Fsp3) is 0.122. The van der Waals surface area contributed by atoms with Crippen molar-refractivity contribution in [3.05, 3.63) is 185 Å². The molecule has 8 aromatic carbocycles. The predicted molar refractivity (Wildman–Crippen MR) is 219 cm³/mol. The molecule has 2 aliphatic rings. The number of halogens is 1. The third kappa shape index (κ3) is 4.31. The van der Waals surface area contributed by atoms with Gasteiger partial charge in [-0.05, 0) is 115 Å². The minimum Gasteiger partial charge on any atom is -0.310 e. The molecule has 0 bridgehead atoms. The summed E-state index contributed by atoms with van der Waals surface area (Å²) in [6.45, 7) is 17.0. The molecule has 0 aliphatic carbocycles. The molecular weight excluding hydrogens is 650 g/mol. The summed E-state index contributed by atoms with van der Waals surface area (Å²) in [5.41, 5.74) is 11.3. The fourth-order valence-electron chi connectivity index (χ4n) is 9.25. The van der Waals surface area contributed by atoms with Gasteiger partial charge in [-0.15, -0.1) is 0 Å². The summed E-state index contributed by atoms with van der Waals surface area (Å²) in [5.74, 6) is -0.508. The van der Waals surface area contributed by atoms with Gasteiger partial charge in [-0.25, -0.2) is 9.24 Å². The second kappa shape index (κ2) is 11.0. The molecule has 4 heteroatoms. The first-order valence-corrected chi connectivity index (χ1v) is 18.2. The second-order valence-corrected chi connectivity index (χ2v) is 15.4. The Morgan fingerprint density at radius 3 is 1.15 bits per heavy atom. The molecule has 0 unspecified atom stereocenters. The van der Waals surface area contributed by atoms with Crippen molar-refractivity contribution >= 4 is 72.1 Å². The lowest BCUT2D eigenvalue weighted by molar-refractivity contribution is 0.632. The Morgan fingerprint density at radius 1 is 0.434 bits per heavy atom. The molecule has 0 atom stereocenters. The van der Waals surface area contributed by atoms with Crippen molar-refractivity contribution in [1.82, 2.24) is 0 Å². The van der Waals surface area contributed by atoms with Crippen LogP contribution in [0, 0.1) is 12.4 Å². The zero-order chi connectivity index (χ0) is 36.2. The van der Waals surface area contributed by atoms with Gasteiger partial charge in [-0.2, -0.15) is 0 Å². The average Bonchev–Trinajstić information content (AvgIpc) is 3.18. The van der Waals surface area contributed by atoms with Crippen LogP contribution in [0.2, 0.25) is 0 Å². The number of hydrogen-bond donors (Lipinski definition) is 0. The Hall–Kier alpha value is -6.44. The van der Waals surface area contributed by atoms with Gasteiger partial charge < -0.3 is 9.80 Å². The topological polar surface area (TPSA) is 10.8 Å². The van der Waals surface area contributed by atoms with Crippen LogP contribution >= 0.6 is 0 Å². The quantitative estimate of drug-likeness (QED) is 0.132. The maximum Gasteiger partial charge on any atom is 0.222 e. The Kier molecular flexibility index (Phi) is 6.52. The lowest BCUT2D eigenvalue weighted by Gasteiger charge is -2.42. The molecule has 3 nitrogen and oxygen atoms in total. The standard InChI is InChI=1S/C49H36FN3/c1-48(2)38-14-6-10-18-44(38)52(45-19-11-7-15-39(45)48)30-22-24-32-33-25-23-31(27-35(33)37-29-43(51-5)42(50)28-36(37)34(32)26-30)53-46-20-12-8-16-40(46)49(3,4)41-17-9-13-21-47(41)53/h6-29H,1-4H3. The molecule has 0 saturated carbocycles. The lowest BCUT2D eigenvalue weighted by Crippen LogP contribution is -2.30. The van der Waals surface area contributed by atoms with Crippen LogP contribution in [0.1, 0.15) is 49.9 Å². The molecule has 0 aromatic heterocycles. The minimum atomic E-state index is -0.508. The van der Waals surface area contributed by atoms with Crippen molar-refractivity contribution in [1.29, 1.82) is 0 Å². The van der Waals surface area contributed by atoms with E-state index in [4.69, 9.17) is 6.57 Å². The number of fused-ring (bicyclic) bond motifs is 10. The van der Waals surface area contributed by atoms with E-state index < -0.39 is 5.82 Å². The summed E-state index contributed by atoms with van der Waals surface area (Å²) >= 11 is 0. The van der Waals surface area contributed by atoms with Crippen molar-refractivity contribution < 1.29 is 4.39 Å². The first-order chi connectivity index (χ1) is 25.7. The zero-order valence-corrected chi connectivity index (χ0v) is 30.1. The van der Waals surface area contributed by atoms with Crippen LogP contribution in [0.15, 0.2) is 146 Å². The minimum absolute atomic E-state index is 0.0243. The monoisotopic (exact) mass is 685 g/mol. The van der Waals surface area contributed by atoms with Crippen molar-refractivity contribution in [2.45, 2.75) is 38.5 Å². The van der Waals surface area contributed by atoms with Crippen LogP contribution in [0.25, 0.3) is 37.2 Å². The summed E-state index contributed by atoms with van der Waals surface area (Å²) < 4.78 is 15.7. The highest BCUT2D eigenvalue weighted by Gasteiger charge is 2.38. The number of para-hydroxylation sites is 4. The molecule has 10 rings (SSSR count). The van der Waals surface area contributed by atoms with E-state index in [1.807, 2.05) is 0 Å². The summed E-state index contributed by atoms with van der Waals surface area (Å²) in [6, 6.07) is 51.0. The Labute approximate surface area is 309 Å². The second-order valence-electron chi connectivity index (χ2n) is 15.4. The normalized spacial score (nSPS) is 15.1. The molecule has 0 spiro atoms. The highest BCUT2D eigenvalue weighted by atomic mass is 19.1. The van der Waals surface area contributed by atoms with Crippen molar-refractivity contribution in [3.63, 3.8) is 0 Å². The van der Waals surface area contributed by atoms with Crippen LogP contribution in [0.5, 0.6) is 0 Å². The number of nitrogens with zero attached hydrogens (tertiary/aromatic N) is 3. The Bertz CT molecular complexity index is 2800. The number of anilines is 6. The molecule has 8 aromatic rings. The first kappa shape index (κ1) is 31.3. The zero-order valence-electron chi connectivity index (χ0n) is 30.1. The molecule has 2 heterocycles. The third-order valence-electron chi connectivity index (χ3n) is 11.9. The molecule has 0 saturated heterocycles. The van der Waals surface area contributed by atoms with E-state index in [0.29, 0.717) is 0 Å². The summed E-state index contributed by atoms with van der Waals surface area (Å²) in [4.78, 5) is 8.29. The maximum atomic E-state index is 15.7. The van der Waals surface area contributed by atoms with Gasteiger partial charge in [-0.3, -0.25) is 0 Å². The molecule has 53 heavy (non-hydrogen) atoms. The van der Waals surface area contributed by atoms with Gasteiger partial charge in [0.2, 0.25) is 5.69 Å². The summed E-state index contributed by atoms with van der Waals surface area (Å²) in [6.07, 6.45) is 0. The third-order valence-corrected chi connectivity index (χ3v) is 11.9. The van der Waals surface area contributed by atoms with E-state index in [2.05, 4.69) is 176 Å². The summed E-state index contributed by atoms with van der Waals surface area (Å²) in [7, 11) is 0. The smallest absolute Gasteiger partial charge is 0.222 e. The van der Waals surface area contributed by atoms with Gasteiger partial charge in [0.05, 0.1) is 29.3 Å². The van der Waals surface area contributed by atoms with E-state index in [1.165, 1.54) is 22.3 Å². The lowest BCUT2D eigenvalue weighted by atomic mass is 9.73. The van der Waals surface area contributed by atoms with Crippen LogP contribution < -0.4 is 9.80 Å². The van der Waals surface area contributed by atoms with Crippen LogP contribution in [-0.4, -0.2) is 0 Å². The van der Waals surface area contributed by atoms with Gasteiger partial charge in [-0.1, -0.05) is 113 Å². The molecule has 254 valence electrons. The highest BCUT2D eigenvalue weighted by Crippen LogP contribution is 2.54. The highest BCUT2D eigenvalue weighted by molar-refractivity contribution is 6.27. The summed E-state index contributed by atoms with van der Waals surface area (Å²) in [5, 5.41) is 5.68. The SMILES string of the molecule is [C-]#[N+]c1cc2c3cc(N4c5ccccc5C(C)(C)c5ccccc54)ccc3c3ccc(N4c5ccccc5C(C)(C)c5ccccc54)cc3c2cc1F. The average molecular weight is 686 g/mol. The molecule has 0 radical (unpaired) electrons. The van der Waals surface area contributed by atoms with Crippen molar-refractivity contribution in [3.8, 4) is 0 Å². The van der Waals surface area contributed by atoms with Crippen molar-refractivity contribution in [2.24, 2.45) is 0 Å². The largest absolute Gasteiger partial charge is 0.310 e. The van der Waals surface area contributed by atoms with Crippen LogP contribution in [-0.2, 0) is 10.8 Å². The van der Waals surface area contributed by atoms with Crippen LogP contribution in [0.3, 0.4) is 0 Å².